The van der Waals surface area contributed by atoms with Crippen LogP contribution < -0.4 is 9.64 Å². The van der Waals surface area contributed by atoms with E-state index in [1.807, 2.05) is 73.8 Å². The third kappa shape index (κ3) is 10.9. The number of halogens is 3. The summed E-state index contributed by atoms with van der Waals surface area (Å²) in [6.45, 7) is 8.14. The van der Waals surface area contributed by atoms with E-state index in [4.69, 9.17) is 20.0 Å². The summed E-state index contributed by atoms with van der Waals surface area (Å²) in [6.07, 6.45) is 13.7. The van der Waals surface area contributed by atoms with Crippen molar-refractivity contribution in [3.8, 4) is 11.5 Å². The van der Waals surface area contributed by atoms with E-state index in [1.165, 1.54) is 64.5 Å². The molecule has 0 aliphatic carbocycles. The first-order valence-electron chi connectivity index (χ1n) is 20.9. The number of ether oxygens (including phenoxy) is 1. The van der Waals surface area contributed by atoms with Gasteiger partial charge in [-0.3, -0.25) is 4.99 Å². The molecule has 0 radical (unpaired) electrons. The normalized spacial score (nSPS) is 14.6. The van der Waals surface area contributed by atoms with Crippen LogP contribution in [0.5, 0.6) is 11.5 Å². The predicted octanol–water partition coefficient (Wildman–Crippen LogP) is 16.4. The largest absolute Gasteiger partial charge is 0.506 e. The molecule has 1 heterocycles. The number of anilines is 1. The number of aryl methyl sites for hydroxylation is 2. The molecule has 1 aliphatic heterocycles. The fourth-order valence-electron chi connectivity index (χ4n) is 7.85. The number of aliphatic imine (C=N–C) groups is 1. The maximum atomic E-state index is 10.2. The van der Waals surface area contributed by atoms with Crippen LogP contribution >= 0.6 is 54.5 Å². The van der Waals surface area contributed by atoms with Crippen LogP contribution in [-0.4, -0.2) is 30.5 Å². The van der Waals surface area contributed by atoms with Crippen LogP contribution in [0.15, 0.2) is 133 Å². The highest BCUT2D eigenvalue weighted by Crippen LogP contribution is 2.44. The highest BCUT2D eigenvalue weighted by atomic mass is 127. The van der Waals surface area contributed by atoms with E-state index in [1.54, 1.807) is 0 Å². The van der Waals surface area contributed by atoms with Crippen LogP contribution in [-0.2, 0) is 0 Å². The Morgan fingerprint density at radius 3 is 2.23 bits per heavy atom. The van der Waals surface area contributed by atoms with Crippen LogP contribution in [0.1, 0.15) is 86.1 Å². The molecule has 6 aromatic rings. The molecule has 0 amide bonds. The number of azo groups is 1. The molecule has 7 rings (SSSR count). The Kier molecular flexibility index (Phi) is 15.3. The third-order valence-corrected chi connectivity index (χ3v) is 13.1. The van der Waals surface area contributed by atoms with Crippen LogP contribution in [0.4, 0.5) is 22.7 Å². The molecule has 0 saturated carbocycles. The molecule has 0 saturated heterocycles. The van der Waals surface area contributed by atoms with Crippen LogP contribution in [0.3, 0.4) is 0 Å². The molecule has 6 aromatic carbocycles. The zero-order valence-electron chi connectivity index (χ0n) is 34.5. The summed E-state index contributed by atoms with van der Waals surface area (Å²) in [5, 5.41) is 21.9. The highest BCUT2D eigenvalue weighted by molar-refractivity contribution is 14.1. The zero-order chi connectivity index (χ0) is 42.0. The zero-order valence-corrected chi connectivity index (χ0v) is 39.8. The number of hydrogen-bond donors (Lipinski definition) is 1. The summed E-state index contributed by atoms with van der Waals surface area (Å²) < 4.78 is 8.98. The molecular formula is C51H51Br2IN4O2. The average molecular weight is 1040 g/mol. The minimum Gasteiger partial charge on any atom is -0.506 e. The first-order valence-corrected chi connectivity index (χ1v) is 23.6. The van der Waals surface area contributed by atoms with Crippen molar-refractivity contribution in [2.24, 2.45) is 15.2 Å². The quantitative estimate of drug-likeness (QED) is 0.0428. The molecule has 60 heavy (non-hydrogen) atoms. The molecule has 0 bridgehead atoms. The fourth-order valence-corrected chi connectivity index (χ4v) is 9.56. The number of aromatic hydroxyl groups is 1. The molecule has 1 N–H and O–H groups in total. The number of phenols is 1. The molecular weight excluding hydrogens is 987 g/mol. The Morgan fingerprint density at radius 1 is 0.750 bits per heavy atom. The van der Waals surface area contributed by atoms with E-state index < -0.39 is 0 Å². The lowest BCUT2D eigenvalue weighted by atomic mass is 10.0. The fraction of sp³-hybridized carbons (Fsp3) is 0.275. The van der Waals surface area contributed by atoms with Gasteiger partial charge in [0.1, 0.15) is 17.2 Å². The Balaban J connectivity index is 0.860. The van der Waals surface area contributed by atoms with E-state index in [9.17, 15) is 5.11 Å². The number of nitrogens with zero attached hydrogens (tertiary/aromatic N) is 4. The van der Waals surface area contributed by atoms with E-state index >= 15 is 0 Å². The Hall–Kier alpha value is -4.32. The van der Waals surface area contributed by atoms with Crippen LogP contribution in [0.25, 0.3) is 22.4 Å². The van der Waals surface area contributed by atoms with E-state index in [-0.39, 0.29) is 11.8 Å². The average Bonchev–Trinajstić information content (AvgIpc) is 3.49. The Bertz CT molecular complexity index is 2530. The van der Waals surface area contributed by atoms with Crippen molar-refractivity contribution in [1.29, 1.82) is 0 Å². The van der Waals surface area contributed by atoms with Crippen LogP contribution in [0, 0.1) is 17.4 Å². The Labute approximate surface area is 385 Å². The van der Waals surface area contributed by atoms with Gasteiger partial charge in [0.25, 0.3) is 0 Å². The first-order chi connectivity index (χ1) is 29.2. The van der Waals surface area contributed by atoms with Gasteiger partial charge in [-0.15, -0.1) is 5.11 Å². The van der Waals surface area contributed by atoms with Crippen molar-refractivity contribution < 1.29 is 9.84 Å². The van der Waals surface area contributed by atoms with Crippen LogP contribution in [0.2, 0.25) is 0 Å². The number of hydrogen-bond acceptors (Lipinski definition) is 6. The lowest BCUT2D eigenvalue weighted by molar-refractivity contribution is 0.305. The SMILES string of the molecule is Cc1ccccc1C=Nc1ccc(N=Nc2c(OCCCCCCCCCCN3c4ccc(I)cc4/C(=C/c4cc(Br)c(O)c(Br)c4)C3C)ccc3ccccc23)c(C)c1. The van der Waals surface area contributed by atoms with Crippen molar-refractivity contribution in [1.82, 2.24) is 0 Å². The molecule has 9 heteroatoms. The van der Waals surface area contributed by atoms with Gasteiger partial charge < -0.3 is 14.7 Å². The van der Waals surface area contributed by atoms with Gasteiger partial charge in [0.2, 0.25) is 0 Å². The maximum absolute atomic E-state index is 10.2. The van der Waals surface area contributed by atoms with Gasteiger partial charge >= 0.3 is 0 Å². The molecule has 1 unspecified atom stereocenters. The third-order valence-electron chi connectivity index (χ3n) is 11.3. The maximum Gasteiger partial charge on any atom is 0.147 e. The van der Waals surface area contributed by atoms with Crippen molar-refractivity contribution in [2.45, 2.75) is 78.2 Å². The van der Waals surface area contributed by atoms with E-state index in [0.717, 1.165) is 69.7 Å². The lowest BCUT2D eigenvalue weighted by Gasteiger charge is -2.25. The van der Waals surface area contributed by atoms with Gasteiger partial charge in [0.15, 0.2) is 0 Å². The second-order valence-corrected chi connectivity index (χ2v) is 18.5. The number of unbranched alkanes of at least 4 members (excludes halogenated alkanes) is 7. The molecule has 308 valence electrons. The monoisotopic (exact) mass is 1040 g/mol. The predicted molar refractivity (Wildman–Crippen MR) is 268 cm³/mol. The number of rotatable bonds is 17. The molecule has 1 atom stereocenters. The smallest absolute Gasteiger partial charge is 0.147 e. The summed E-state index contributed by atoms with van der Waals surface area (Å²) in [7, 11) is 0. The second kappa shape index (κ2) is 21.0. The van der Waals surface area contributed by atoms with Gasteiger partial charge in [0.05, 0.1) is 33.0 Å². The topological polar surface area (TPSA) is 69.8 Å². The summed E-state index contributed by atoms with van der Waals surface area (Å²) in [6, 6.07) is 37.7. The summed E-state index contributed by atoms with van der Waals surface area (Å²) in [5.41, 5.74) is 10.8. The van der Waals surface area contributed by atoms with Crippen molar-refractivity contribution in [3.05, 3.63) is 150 Å². The van der Waals surface area contributed by atoms with Gasteiger partial charge in [-0.2, -0.15) is 5.11 Å². The molecule has 6 nitrogen and oxygen atoms in total. The number of phenolic OH excluding ortho intramolecular Hbond substituents is 1. The highest BCUT2D eigenvalue weighted by Gasteiger charge is 2.30. The molecule has 0 fully saturated rings. The summed E-state index contributed by atoms with van der Waals surface area (Å²) in [4.78, 5) is 7.27. The van der Waals surface area contributed by atoms with Gasteiger partial charge in [-0.25, -0.2) is 0 Å². The first kappa shape index (κ1) is 43.8. The standard InChI is InChI=1S/C51H51Br2IN4O2/c1-34-16-10-11-18-39(34)33-55-41-22-23-47(35(2)28-41)56-57-50-42-19-13-12-17-38(42)20-25-49(50)60-27-15-9-7-5-4-6-8-14-26-58-36(3)43(44-32-40(54)21-24-48(44)58)29-37-30-45(52)51(59)46(53)31-37/h10-13,16-25,28-33,36,59H,4-9,14-15,26-27H2,1-3H3/b43-29+,55-33?,57-56?. The van der Waals surface area contributed by atoms with E-state index in [0.29, 0.717) is 15.6 Å². The van der Waals surface area contributed by atoms with Crippen molar-refractivity contribution in [2.75, 3.05) is 18.1 Å². The van der Waals surface area contributed by atoms with Gasteiger partial charge in [-0.1, -0.05) is 93.1 Å². The number of fused-ring (bicyclic) bond motifs is 2. The Morgan fingerprint density at radius 2 is 1.47 bits per heavy atom. The summed E-state index contributed by atoms with van der Waals surface area (Å²) >= 11 is 9.40. The molecule has 0 spiro atoms. The minimum atomic E-state index is 0.225. The van der Waals surface area contributed by atoms with Gasteiger partial charge in [0, 0.05) is 33.0 Å². The molecule has 0 aromatic heterocycles. The van der Waals surface area contributed by atoms with Crippen molar-refractivity contribution >= 4 is 106 Å². The second-order valence-electron chi connectivity index (χ2n) is 15.6. The van der Waals surface area contributed by atoms with Gasteiger partial charge in [-0.05, 0) is 182 Å². The molecule has 1 aliphatic rings. The van der Waals surface area contributed by atoms with E-state index in [2.05, 4.69) is 128 Å². The lowest BCUT2D eigenvalue weighted by Crippen LogP contribution is -2.29. The number of benzene rings is 6. The minimum absolute atomic E-state index is 0.225. The van der Waals surface area contributed by atoms with Crippen molar-refractivity contribution in [3.63, 3.8) is 0 Å². The summed E-state index contributed by atoms with van der Waals surface area (Å²) in [5.74, 6) is 0.992.